The number of carbonyl (C=O) groups is 2. The van der Waals surface area contributed by atoms with Gasteiger partial charge in [0.25, 0.3) is 0 Å². The number of nitrogens with one attached hydrogen (secondary N) is 2. The fraction of sp³-hybridized carbons (Fsp3) is 0.875. The first-order valence-corrected chi connectivity index (χ1v) is 8.01. The molecule has 3 aliphatic rings. The van der Waals surface area contributed by atoms with Crippen molar-refractivity contribution in [2.24, 2.45) is 23.7 Å². The summed E-state index contributed by atoms with van der Waals surface area (Å²) in [6.07, 6.45) is 4.41. The van der Waals surface area contributed by atoms with Crippen LogP contribution in [0, 0.1) is 23.7 Å². The lowest BCUT2D eigenvalue weighted by atomic mass is 9.58. The van der Waals surface area contributed by atoms with Crippen LogP contribution in [-0.2, 0) is 9.59 Å². The van der Waals surface area contributed by atoms with Crippen molar-refractivity contribution in [2.45, 2.75) is 65.5 Å². The van der Waals surface area contributed by atoms with E-state index < -0.39 is 0 Å². The lowest BCUT2D eigenvalue weighted by Gasteiger charge is -2.47. The molecule has 3 fully saturated rings. The molecule has 0 heterocycles. The van der Waals surface area contributed by atoms with Crippen LogP contribution in [0.5, 0.6) is 0 Å². The number of carbonyl (C=O) groups excluding carboxylic acids is 2. The third kappa shape index (κ3) is 3.15. The molecule has 0 aromatic heterocycles. The van der Waals surface area contributed by atoms with Crippen LogP contribution >= 0.6 is 0 Å². The van der Waals surface area contributed by atoms with Crippen molar-refractivity contribution in [3.8, 4) is 0 Å². The Morgan fingerprint density at radius 3 is 1.30 bits per heavy atom. The third-order valence-corrected chi connectivity index (χ3v) is 4.69. The lowest BCUT2D eigenvalue weighted by molar-refractivity contribution is -0.146. The van der Waals surface area contributed by atoms with Crippen molar-refractivity contribution in [1.29, 1.82) is 0 Å². The second-order valence-electron chi connectivity index (χ2n) is 7.05. The summed E-state index contributed by atoms with van der Waals surface area (Å²) >= 11 is 0. The molecule has 0 aromatic carbocycles. The summed E-state index contributed by atoms with van der Waals surface area (Å²) in [4.78, 5) is 25.0. The number of hydrogen-bond acceptors (Lipinski definition) is 2. The maximum Gasteiger partial charge on any atom is 0.224 e. The van der Waals surface area contributed by atoms with E-state index in [0.29, 0.717) is 11.8 Å². The van der Waals surface area contributed by atoms with Crippen molar-refractivity contribution in [2.75, 3.05) is 0 Å². The van der Waals surface area contributed by atoms with Gasteiger partial charge < -0.3 is 10.6 Å². The lowest BCUT2D eigenvalue weighted by Crippen LogP contribution is -2.54. The topological polar surface area (TPSA) is 58.2 Å². The average Bonchev–Trinajstić information content (AvgIpc) is 2.37. The summed E-state index contributed by atoms with van der Waals surface area (Å²) in [5, 5.41) is 6.03. The minimum absolute atomic E-state index is 0.0818. The molecule has 4 nitrogen and oxygen atoms in total. The summed E-state index contributed by atoms with van der Waals surface area (Å²) in [7, 11) is 0. The number of rotatable bonds is 4. The van der Waals surface area contributed by atoms with Gasteiger partial charge in [-0.3, -0.25) is 9.59 Å². The molecule has 0 aliphatic heterocycles. The monoisotopic (exact) mass is 280 g/mol. The maximum absolute atomic E-state index is 12.5. The molecule has 2 N–H and O–H groups in total. The highest BCUT2D eigenvalue weighted by Gasteiger charge is 2.50. The van der Waals surface area contributed by atoms with Gasteiger partial charge >= 0.3 is 0 Å². The molecule has 3 rings (SSSR count). The Bertz CT molecular complexity index is 335. The minimum atomic E-state index is -0.122. The molecular weight excluding hydrogens is 252 g/mol. The van der Waals surface area contributed by atoms with Gasteiger partial charge in [-0.2, -0.15) is 0 Å². The average molecular weight is 280 g/mol. The summed E-state index contributed by atoms with van der Waals surface area (Å²) < 4.78 is 0. The highest BCUT2D eigenvalue weighted by molar-refractivity contribution is 5.88. The summed E-state index contributed by atoms with van der Waals surface area (Å²) in [6.45, 7) is 7.90. The van der Waals surface area contributed by atoms with E-state index in [4.69, 9.17) is 0 Å². The van der Waals surface area contributed by atoms with Crippen LogP contribution in [0.15, 0.2) is 0 Å². The fourth-order valence-electron chi connectivity index (χ4n) is 3.97. The van der Waals surface area contributed by atoms with Crippen molar-refractivity contribution in [3.05, 3.63) is 0 Å². The SMILES string of the molecule is CC(C)NC(=O)[C@@H]1C2CCC(CC2)[C@@H]1C(=O)NC(C)C. The molecule has 3 aliphatic carbocycles. The Hall–Kier alpha value is -1.06. The van der Waals surface area contributed by atoms with Gasteiger partial charge in [0.1, 0.15) is 0 Å². The minimum Gasteiger partial charge on any atom is -0.354 e. The Kier molecular flexibility index (Phi) is 4.71. The highest BCUT2D eigenvalue weighted by atomic mass is 16.2. The fourth-order valence-corrected chi connectivity index (χ4v) is 3.97. The third-order valence-electron chi connectivity index (χ3n) is 4.69. The molecule has 0 saturated heterocycles. The quantitative estimate of drug-likeness (QED) is 0.828. The summed E-state index contributed by atoms with van der Waals surface area (Å²) in [6, 6.07) is 0.272. The van der Waals surface area contributed by atoms with E-state index in [-0.39, 0.29) is 35.7 Å². The molecule has 0 unspecified atom stereocenters. The van der Waals surface area contributed by atoms with Crippen molar-refractivity contribution >= 4 is 11.8 Å². The van der Waals surface area contributed by atoms with E-state index in [1.54, 1.807) is 0 Å². The van der Waals surface area contributed by atoms with Gasteiger partial charge in [-0.15, -0.1) is 0 Å². The molecule has 0 radical (unpaired) electrons. The molecule has 0 aromatic rings. The van der Waals surface area contributed by atoms with Gasteiger partial charge in [0.2, 0.25) is 11.8 Å². The summed E-state index contributed by atoms with van der Waals surface area (Å²) in [5.41, 5.74) is 0. The van der Waals surface area contributed by atoms with Crippen LogP contribution in [0.25, 0.3) is 0 Å². The first kappa shape index (κ1) is 15.3. The smallest absolute Gasteiger partial charge is 0.224 e. The second-order valence-corrected chi connectivity index (χ2v) is 7.05. The van der Waals surface area contributed by atoms with Crippen molar-refractivity contribution in [3.63, 3.8) is 0 Å². The van der Waals surface area contributed by atoms with Crippen molar-refractivity contribution in [1.82, 2.24) is 10.6 Å². The Labute approximate surface area is 122 Å². The number of hydrogen-bond donors (Lipinski definition) is 2. The molecule has 3 saturated carbocycles. The molecule has 20 heavy (non-hydrogen) atoms. The second kappa shape index (κ2) is 6.15. The van der Waals surface area contributed by atoms with E-state index in [0.717, 1.165) is 25.7 Å². The molecule has 0 spiro atoms. The number of amides is 2. The van der Waals surface area contributed by atoms with Gasteiger partial charge in [0.05, 0.1) is 11.8 Å². The first-order chi connectivity index (χ1) is 9.40. The van der Waals surface area contributed by atoms with Gasteiger partial charge in [-0.05, 0) is 65.2 Å². The van der Waals surface area contributed by atoms with Crippen molar-refractivity contribution < 1.29 is 9.59 Å². The first-order valence-electron chi connectivity index (χ1n) is 8.01. The van der Waals surface area contributed by atoms with E-state index >= 15 is 0 Å². The predicted octanol–water partition coefficient (Wildman–Crippen LogP) is 2.09. The predicted molar refractivity (Wildman–Crippen MR) is 79.0 cm³/mol. The van der Waals surface area contributed by atoms with Gasteiger partial charge in [-0.1, -0.05) is 0 Å². The van der Waals surface area contributed by atoms with Gasteiger partial charge in [0, 0.05) is 12.1 Å². The molecule has 2 bridgehead atoms. The van der Waals surface area contributed by atoms with Crippen LogP contribution in [-0.4, -0.2) is 23.9 Å². The summed E-state index contributed by atoms with van der Waals surface area (Å²) in [5.74, 6) is 0.701. The molecule has 2 amide bonds. The zero-order valence-electron chi connectivity index (χ0n) is 13.1. The van der Waals surface area contributed by atoms with Crippen LogP contribution in [0.1, 0.15) is 53.4 Å². The maximum atomic E-state index is 12.5. The molecular formula is C16H28N2O2. The van der Waals surface area contributed by atoms with E-state index in [1.807, 2.05) is 27.7 Å². The standard InChI is InChI=1S/C16H28N2O2/c1-9(2)17-15(19)13-11-5-7-12(8-6-11)14(13)16(20)18-10(3)4/h9-14H,5-8H2,1-4H3,(H,17,19)(H,18,20)/t11?,12?,13-,14+. The Morgan fingerprint density at radius 2 is 1.05 bits per heavy atom. The van der Waals surface area contributed by atoms with Crippen LogP contribution in [0.2, 0.25) is 0 Å². The molecule has 114 valence electrons. The largest absolute Gasteiger partial charge is 0.354 e. The zero-order chi connectivity index (χ0) is 14.9. The Balaban J connectivity index is 2.16. The van der Waals surface area contributed by atoms with E-state index in [1.165, 1.54) is 0 Å². The van der Waals surface area contributed by atoms with E-state index in [9.17, 15) is 9.59 Å². The van der Waals surface area contributed by atoms with E-state index in [2.05, 4.69) is 10.6 Å². The number of fused-ring (bicyclic) bond motifs is 3. The van der Waals surface area contributed by atoms with Gasteiger partial charge in [0.15, 0.2) is 0 Å². The van der Waals surface area contributed by atoms with Gasteiger partial charge in [-0.25, -0.2) is 0 Å². The Morgan fingerprint density at radius 1 is 0.750 bits per heavy atom. The van der Waals surface area contributed by atoms with Crippen LogP contribution < -0.4 is 10.6 Å². The zero-order valence-corrected chi connectivity index (χ0v) is 13.1. The van der Waals surface area contributed by atoms with Crippen LogP contribution in [0.4, 0.5) is 0 Å². The molecule has 2 atom stereocenters. The highest BCUT2D eigenvalue weighted by Crippen LogP contribution is 2.49. The normalized spacial score (nSPS) is 32.5. The molecule has 4 heteroatoms. The van der Waals surface area contributed by atoms with Crippen LogP contribution in [0.3, 0.4) is 0 Å².